The van der Waals surface area contributed by atoms with Gasteiger partial charge < -0.3 is 5.32 Å². The lowest BCUT2D eigenvalue weighted by Gasteiger charge is -2.22. The molecule has 0 aromatic carbocycles. The predicted molar refractivity (Wildman–Crippen MR) is 83.6 cm³/mol. The van der Waals surface area contributed by atoms with Crippen LogP contribution in [0.3, 0.4) is 0 Å². The molecule has 0 aliphatic carbocycles. The van der Waals surface area contributed by atoms with E-state index in [0.717, 1.165) is 42.1 Å². The molecular formula is C14H24N2O2S2. The Kier molecular flexibility index (Phi) is 5.23. The topological polar surface area (TPSA) is 49.4 Å². The van der Waals surface area contributed by atoms with Gasteiger partial charge in [-0.1, -0.05) is 13.8 Å². The van der Waals surface area contributed by atoms with Crippen LogP contribution in [-0.2, 0) is 16.6 Å². The first-order valence-electron chi connectivity index (χ1n) is 7.32. The summed E-state index contributed by atoms with van der Waals surface area (Å²) in [5.41, 5.74) is 0. The number of hydrogen-bond acceptors (Lipinski definition) is 4. The van der Waals surface area contributed by atoms with E-state index in [0.29, 0.717) is 11.4 Å². The Bertz CT molecular complexity index is 552. The van der Waals surface area contributed by atoms with Crippen molar-refractivity contribution in [3.05, 3.63) is 15.8 Å². The molecular weight excluding hydrogens is 292 g/mol. The molecule has 0 amide bonds. The fraction of sp³-hybridized carbons (Fsp3) is 0.714. The van der Waals surface area contributed by atoms with Crippen molar-refractivity contribution in [1.82, 2.24) is 9.62 Å². The van der Waals surface area contributed by atoms with Crippen LogP contribution < -0.4 is 5.32 Å². The average Bonchev–Trinajstić information content (AvgIpc) is 3.02. The summed E-state index contributed by atoms with van der Waals surface area (Å²) in [6, 6.07) is 2.03. The molecule has 2 rings (SSSR count). The van der Waals surface area contributed by atoms with E-state index in [-0.39, 0.29) is 6.04 Å². The second-order valence-electron chi connectivity index (χ2n) is 5.23. The summed E-state index contributed by atoms with van der Waals surface area (Å²) >= 11 is 1.58. The van der Waals surface area contributed by atoms with E-state index in [1.807, 2.05) is 19.9 Å². The predicted octanol–water partition coefficient (Wildman–Crippen LogP) is 2.73. The van der Waals surface area contributed by atoms with Crippen molar-refractivity contribution in [1.29, 1.82) is 0 Å². The highest BCUT2D eigenvalue weighted by Crippen LogP contribution is 2.32. The van der Waals surface area contributed by atoms with Crippen LogP contribution in [0.15, 0.2) is 11.0 Å². The average molecular weight is 316 g/mol. The first-order valence-corrected chi connectivity index (χ1v) is 9.58. The standard InChI is InChI=1S/C14H24N2O2S2/c1-4-12-7-6-8-16(12)20(17,18)14-9-13(10-15-5-2)19-11(14)3/h9,12,15H,4-8,10H2,1-3H3. The smallest absolute Gasteiger partial charge is 0.244 e. The summed E-state index contributed by atoms with van der Waals surface area (Å²) in [5, 5.41) is 3.25. The van der Waals surface area contributed by atoms with Gasteiger partial charge in [-0.2, -0.15) is 4.31 Å². The molecule has 0 radical (unpaired) electrons. The number of nitrogens with one attached hydrogen (secondary N) is 1. The van der Waals surface area contributed by atoms with Gasteiger partial charge in [-0.3, -0.25) is 0 Å². The molecule has 1 aliphatic rings. The molecule has 1 N–H and O–H groups in total. The summed E-state index contributed by atoms with van der Waals surface area (Å²) in [7, 11) is -3.32. The number of rotatable bonds is 6. The van der Waals surface area contributed by atoms with Gasteiger partial charge in [0.2, 0.25) is 10.0 Å². The second-order valence-corrected chi connectivity index (χ2v) is 8.43. The number of aryl methyl sites for hydroxylation is 1. The normalized spacial score (nSPS) is 20.6. The summed E-state index contributed by atoms with van der Waals surface area (Å²) < 4.78 is 27.4. The molecule has 114 valence electrons. The number of hydrogen-bond donors (Lipinski definition) is 1. The highest BCUT2D eigenvalue weighted by atomic mass is 32.2. The third-order valence-electron chi connectivity index (χ3n) is 3.85. The molecule has 0 saturated carbocycles. The molecule has 0 bridgehead atoms. The number of sulfonamides is 1. The van der Waals surface area contributed by atoms with E-state index in [9.17, 15) is 8.42 Å². The van der Waals surface area contributed by atoms with Crippen molar-refractivity contribution < 1.29 is 8.42 Å². The largest absolute Gasteiger partial charge is 0.312 e. The van der Waals surface area contributed by atoms with Crippen molar-refractivity contribution in [3.63, 3.8) is 0 Å². The maximum atomic E-state index is 12.8. The lowest BCUT2D eigenvalue weighted by molar-refractivity contribution is 0.379. The number of nitrogens with zero attached hydrogens (tertiary/aromatic N) is 1. The lowest BCUT2D eigenvalue weighted by atomic mass is 10.2. The van der Waals surface area contributed by atoms with Crippen molar-refractivity contribution in [2.24, 2.45) is 0 Å². The Morgan fingerprint density at radius 3 is 2.85 bits per heavy atom. The maximum absolute atomic E-state index is 12.8. The SMILES string of the molecule is CCNCc1cc(S(=O)(=O)N2CCCC2CC)c(C)s1. The summed E-state index contributed by atoms with van der Waals surface area (Å²) in [4.78, 5) is 2.51. The fourth-order valence-electron chi connectivity index (χ4n) is 2.78. The van der Waals surface area contributed by atoms with Crippen LogP contribution in [0.1, 0.15) is 42.9 Å². The van der Waals surface area contributed by atoms with Gasteiger partial charge >= 0.3 is 0 Å². The van der Waals surface area contributed by atoms with Crippen molar-refractivity contribution >= 4 is 21.4 Å². The molecule has 1 saturated heterocycles. The van der Waals surface area contributed by atoms with Crippen LogP contribution in [-0.4, -0.2) is 31.9 Å². The zero-order chi connectivity index (χ0) is 14.8. The maximum Gasteiger partial charge on any atom is 0.244 e. The van der Waals surface area contributed by atoms with Crippen LogP contribution in [0.5, 0.6) is 0 Å². The van der Waals surface area contributed by atoms with E-state index in [1.165, 1.54) is 0 Å². The van der Waals surface area contributed by atoms with Gasteiger partial charge in [0.25, 0.3) is 0 Å². The third kappa shape index (κ3) is 3.08. The molecule has 1 aromatic rings. The van der Waals surface area contributed by atoms with Gasteiger partial charge in [-0.15, -0.1) is 11.3 Å². The van der Waals surface area contributed by atoms with E-state index in [2.05, 4.69) is 12.2 Å². The van der Waals surface area contributed by atoms with Crippen LogP contribution in [0.4, 0.5) is 0 Å². The Morgan fingerprint density at radius 2 is 2.20 bits per heavy atom. The summed E-state index contributed by atoms with van der Waals surface area (Å²) in [5.74, 6) is 0. The molecule has 1 fully saturated rings. The molecule has 2 heterocycles. The molecule has 20 heavy (non-hydrogen) atoms. The van der Waals surface area contributed by atoms with Crippen LogP contribution in [0.2, 0.25) is 0 Å². The Balaban J connectivity index is 2.27. The molecule has 1 aromatic heterocycles. The third-order valence-corrected chi connectivity index (χ3v) is 7.11. The summed E-state index contributed by atoms with van der Waals surface area (Å²) in [6.07, 6.45) is 2.86. The van der Waals surface area contributed by atoms with Crippen molar-refractivity contribution in [2.45, 2.75) is 57.5 Å². The Morgan fingerprint density at radius 1 is 1.45 bits per heavy atom. The van der Waals surface area contributed by atoms with Crippen molar-refractivity contribution in [2.75, 3.05) is 13.1 Å². The van der Waals surface area contributed by atoms with Crippen molar-refractivity contribution in [3.8, 4) is 0 Å². The van der Waals surface area contributed by atoms with Gasteiger partial charge in [0.1, 0.15) is 0 Å². The zero-order valence-electron chi connectivity index (χ0n) is 12.5. The number of thiophene rings is 1. The molecule has 1 unspecified atom stereocenters. The lowest BCUT2D eigenvalue weighted by Crippen LogP contribution is -2.35. The van der Waals surface area contributed by atoms with Crippen LogP contribution in [0, 0.1) is 6.92 Å². The first kappa shape index (κ1) is 15.9. The highest BCUT2D eigenvalue weighted by molar-refractivity contribution is 7.89. The minimum absolute atomic E-state index is 0.177. The van der Waals surface area contributed by atoms with Gasteiger partial charge in [0.05, 0.1) is 4.90 Å². The first-order chi connectivity index (χ1) is 9.50. The Hall–Kier alpha value is -0.430. The van der Waals surface area contributed by atoms with Gasteiger partial charge in [-0.05, 0) is 38.8 Å². The van der Waals surface area contributed by atoms with Crippen LogP contribution >= 0.6 is 11.3 Å². The van der Waals surface area contributed by atoms with E-state index in [1.54, 1.807) is 15.6 Å². The van der Waals surface area contributed by atoms with E-state index >= 15 is 0 Å². The minimum Gasteiger partial charge on any atom is -0.312 e. The second kappa shape index (κ2) is 6.56. The monoisotopic (exact) mass is 316 g/mol. The highest BCUT2D eigenvalue weighted by Gasteiger charge is 2.35. The van der Waals surface area contributed by atoms with E-state index < -0.39 is 10.0 Å². The minimum atomic E-state index is -3.32. The Labute approximate surface area is 126 Å². The molecule has 4 nitrogen and oxygen atoms in total. The zero-order valence-corrected chi connectivity index (χ0v) is 14.1. The summed E-state index contributed by atoms with van der Waals surface area (Å²) in [6.45, 7) is 8.32. The quantitative estimate of drug-likeness (QED) is 0.878. The van der Waals surface area contributed by atoms with E-state index in [4.69, 9.17) is 0 Å². The molecule has 0 spiro atoms. The molecule has 1 atom stereocenters. The van der Waals surface area contributed by atoms with Gasteiger partial charge in [0, 0.05) is 28.9 Å². The molecule has 1 aliphatic heterocycles. The van der Waals surface area contributed by atoms with Crippen LogP contribution in [0.25, 0.3) is 0 Å². The van der Waals surface area contributed by atoms with Gasteiger partial charge in [-0.25, -0.2) is 8.42 Å². The van der Waals surface area contributed by atoms with Gasteiger partial charge in [0.15, 0.2) is 0 Å². The molecule has 6 heteroatoms. The fourth-order valence-corrected chi connectivity index (χ4v) is 6.12.